The summed E-state index contributed by atoms with van der Waals surface area (Å²) in [6.07, 6.45) is 5.35. The van der Waals surface area contributed by atoms with Crippen LogP contribution in [0.5, 0.6) is 0 Å². The van der Waals surface area contributed by atoms with Gasteiger partial charge in [-0.15, -0.1) is 0 Å². The number of hydrogen-bond donors (Lipinski definition) is 3. The third-order valence-corrected chi connectivity index (χ3v) is 10.1. The first-order valence-electron chi connectivity index (χ1n) is 17.8. The number of amides is 4. The van der Waals surface area contributed by atoms with Gasteiger partial charge in [-0.3, -0.25) is 24.2 Å². The first-order valence-corrected chi connectivity index (χ1v) is 17.8. The second kappa shape index (κ2) is 19.4. The van der Waals surface area contributed by atoms with Crippen molar-refractivity contribution in [1.29, 1.82) is 0 Å². The van der Waals surface area contributed by atoms with E-state index in [9.17, 15) is 19.2 Å². The summed E-state index contributed by atoms with van der Waals surface area (Å²) in [6, 6.07) is 8.87. The number of carbonyl (C=O) groups excluding carboxylic acids is 4. The Hall–Kier alpha value is -4.03. The number of carbonyl (C=O) groups is 4. The third-order valence-electron chi connectivity index (χ3n) is 10.1. The largest absolute Gasteiger partial charge is 0.399 e. The van der Waals surface area contributed by atoms with Gasteiger partial charge in [-0.25, -0.2) is 0 Å². The molecule has 1 aliphatic heterocycles. The lowest BCUT2D eigenvalue weighted by Gasteiger charge is -2.40. The van der Waals surface area contributed by atoms with Crippen LogP contribution in [0.15, 0.2) is 48.8 Å². The Morgan fingerprint density at radius 3 is 2.26 bits per heavy atom. The summed E-state index contributed by atoms with van der Waals surface area (Å²) in [5, 5.41) is 5.94. The minimum Gasteiger partial charge on any atom is -0.399 e. The molecule has 0 radical (unpaired) electrons. The molecule has 0 bridgehead atoms. The SMILES string of the molecule is CC[C@H](C)[C@@H]([C@@H](CC(=O)N1CCC[C@H]1[C@H](OC)[C@@H](C)C(=O)NCCc1ccncc1)OC)N(C)C(=O)[C@@H](NC(=O)c1ccc(N)cc1)C(C)C. The van der Waals surface area contributed by atoms with Gasteiger partial charge in [-0.2, -0.15) is 0 Å². The van der Waals surface area contributed by atoms with Gasteiger partial charge >= 0.3 is 0 Å². The fourth-order valence-corrected chi connectivity index (χ4v) is 6.94. The van der Waals surface area contributed by atoms with E-state index in [-0.39, 0.29) is 47.9 Å². The molecule has 4 N–H and O–H groups in total. The standard InChI is InChI=1S/C38H58N6O6/c1-9-25(4)34(43(6)38(48)33(24(2)3)42-37(47)28-12-14-29(39)15-13-28)31(49-7)23-32(45)44-22-10-11-30(44)35(50-8)26(5)36(46)41-21-18-27-16-19-40-20-17-27/h12-17,19-20,24-26,30-31,33-35H,9-11,18,21-23,39H2,1-8H3,(H,41,46)(H,42,47)/t25-,26+,30-,31+,33-,34-,35+/m0/s1. The number of nitrogens with two attached hydrogens (primary N) is 1. The number of nitrogens with zero attached hydrogens (tertiary/aromatic N) is 3. The predicted octanol–water partition coefficient (Wildman–Crippen LogP) is 3.70. The van der Waals surface area contributed by atoms with E-state index in [1.165, 1.54) is 0 Å². The summed E-state index contributed by atoms with van der Waals surface area (Å²) < 4.78 is 11.9. The van der Waals surface area contributed by atoms with E-state index >= 15 is 0 Å². The van der Waals surface area contributed by atoms with Crippen LogP contribution < -0.4 is 16.4 Å². The van der Waals surface area contributed by atoms with E-state index in [0.717, 1.165) is 18.4 Å². The number of likely N-dealkylation sites (tertiary alicyclic amines) is 1. The summed E-state index contributed by atoms with van der Waals surface area (Å²) in [5.74, 6) is -1.56. The van der Waals surface area contributed by atoms with Crippen molar-refractivity contribution in [2.75, 3.05) is 40.1 Å². The second-order valence-corrected chi connectivity index (χ2v) is 13.8. The summed E-state index contributed by atoms with van der Waals surface area (Å²) in [7, 11) is 4.86. The number of rotatable bonds is 18. The molecule has 12 nitrogen and oxygen atoms in total. The minimum absolute atomic E-state index is 0.0146. The molecule has 7 atom stereocenters. The van der Waals surface area contributed by atoms with E-state index in [0.29, 0.717) is 37.2 Å². The highest BCUT2D eigenvalue weighted by molar-refractivity contribution is 5.98. The summed E-state index contributed by atoms with van der Waals surface area (Å²) in [5.41, 5.74) is 7.82. The van der Waals surface area contributed by atoms with Crippen LogP contribution >= 0.6 is 0 Å². The first-order chi connectivity index (χ1) is 23.8. The Labute approximate surface area is 297 Å². The molecule has 4 amide bonds. The number of hydrogen-bond acceptors (Lipinski definition) is 8. The van der Waals surface area contributed by atoms with E-state index in [4.69, 9.17) is 15.2 Å². The quantitative estimate of drug-likeness (QED) is 0.200. The number of ether oxygens (including phenoxy) is 2. The number of pyridine rings is 1. The van der Waals surface area contributed by atoms with E-state index < -0.39 is 30.2 Å². The van der Waals surface area contributed by atoms with Gasteiger partial charge in [0.1, 0.15) is 6.04 Å². The lowest BCUT2D eigenvalue weighted by atomic mass is 9.89. The highest BCUT2D eigenvalue weighted by Crippen LogP contribution is 2.29. The summed E-state index contributed by atoms with van der Waals surface area (Å²) in [6.45, 7) is 10.7. The Bertz CT molecular complexity index is 1390. The van der Waals surface area contributed by atoms with Gasteiger partial charge < -0.3 is 35.6 Å². The maximum Gasteiger partial charge on any atom is 0.251 e. The van der Waals surface area contributed by atoms with Crippen molar-refractivity contribution in [3.8, 4) is 0 Å². The first kappa shape index (κ1) is 40.4. The molecule has 50 heavy (non-hydrogen) atoms. The van der Waals surface area contributed by atoms with Crippen molar-refractivity contribution < 1.29 is 28.7 Å². The van der Waals surface area contributed by atoms with Gasteiger partial charge in [0.15, 0.2) is 0 Å². The normalized spacial score (nSPS) is 18.1. The molecule has 0 saturated carbocycles. The Balaban J connectivity index is 1.72. The zero-order valence-electron chi connectivity index (χ0n) is 31.1. The van der Waals surface area contributed by atoms with Gasteiger partial charge in [0.25, 0.3) is 5.91 Å². The molecular weight excluding hydrogens is 636 g/mol. The molecule has 1 aromatic heterocycles. The van der Waals surface area contributed by atoms with Gasteiger partial charge in [0.2, 0.25) is 17.7 Å². The molecule has 2 aromatic rings. The fraction of sp³-hybridized carbons (Fsp3) is 0.605. The zero-order valence-corrected chi connectivity index (χ0v) is 31.1. The van der Waals surface area contributed by atoms with E-state index in [2.05, 4.69) is 15.6 Å². The van der Waals surface area contributed by atoms with Crippen LogP contribution in [-0.2, 0) is 30.3 Å². The van der Waals surface area contributed by atoms with E-state index in [1.807, 2.05) is 51.7 Å². The van der Waals surface area contributed by atoms with Crippen LogP contribution in [0.3, 0.4) is 0 Å². The lowest BCUT2D eigenvalue weighted by molar-refractivity contribution is -0.146. The molecule has 1 saturated heterocycles. The molecule has 0 unspecified atom stereocenters. The van der Waals surface area contributed by atoms with Crippen molar-refractivity contribution >= 4 is 29.3 Å². The van der Waals surface area contributed by atoms with Crippen LogP contribution in [-0.4, -0.2) is 103 Å². The number of methoxy groups -OCH3 is 2. The molecule has 1 aliphatic rings. The molecule has 12 heteroatoms. The molecule has 0 spiro atoms. The number of aromatic nitrogens is 1. The van der Waals surface area contributed by atoms with Gasteiger partial charge in [-0.05, 0) is 73.1 Å². The predicted molar refractivity (Wildman–Crippen MR) is 194 cm³/mol. The average Bonchev–Trinajstić information content (AvgIpc) is 3.60. The van der Waals surface area contributed by atoms with Crippen molar-refractivity contribution in [3.05, 3.63) is 59.9 Å². The fourth-order valence-electron chi connectivity index (χ4n) is 6.94. The maximum atomic E-state index is 14.1. The Kier molecular flexibility index (Phi) is 15.7. The molecule has 3 rings (SSSR count). The molecule has 1 aromatic carbocycles. The smallest absolute Gasteiger partial charge is 0.251 e. The molecular formula is C38H58N6O6. The number of nitrogen functional groups attached to an aromatic ring is 1. The molecule has 2 heterocycles. The molecule has 0 aliphatic carbocycles. The zero-order chi connectivity index (χ0) is 37.0. The molecule has 276 valence electrons. The monoisotopic (exact) mass is 694 g/mol. The van der Waals surface area contributed by atoms with Crippen LogP contribution in [0.4, 0.5) is 5.69 Å². The van der Waals surface area contributed by atoms with Gasteiger partial charge in [-0.1, -0.05) is 41.0 Å². The summed E-state index contributed by atoms with van der Waals surface area (Å²) in [4.78, 5) is 62.0. The van der Waals surface area contributed by atoms with Crippen LogP contribution in [0, 0.1) is 17.8 Å². The lowest BCUT2D eigenvalue weighted by Crippen LogP contribution is -2.57. The van der Waals surface area contributed by atoms with E-state index in [1.54, 1.807) is 62.8 Å². The summed E-state index contributed by atoms with van der Waals surface area (Å²) >= 11 is 0. The Morgan fingerprint density at radius 2 is 1.68 bits per heavy atom. The van der Waals surface area contributed by atoms with Crippen LogP contribution in [0.25, 0.3) is 0 Å². The third kappa shape index (κ3) is 10.5. The average molecular weight is 695 g/mol. The van der Waals surface area contributed by atoms with Crippen molar-refractivity contribution in [2.45, 2.75) is 97.1 Å². The van der Waals surface area contributed by atoms with Crippen molar-refractivity contribution in [2.24, 2.45) is 17.8 Å². The van der Waals surface area contributed by atoms with Crippen molar-refractivity contribution in [3.63, 3.8) is 0 Å². The number of likely N-dealkylation sites (N-methyl/N-ethyl adjacent to an activating group) is 1. The Morgan fingerprint density at radius 1 is 1.02 bits per heavy atom. The topological polar surface area (TPSA) is 156 Å². The van der Waals surface area contributed by atoms with Crippen molar-refractivity contribution in [1.82, 2.24) is 25.4 Å². The van der Waals surface area contributed by atoms with Crippen LogP contribution in [0.1, 0.15) is 76.2 Å². The maximum absolute atomic E-state index is 14.1. The van der Waals surface area contributed by atoms with Crippen LogP contribution in [0.2, 0.25) is 0 Å². The second-order valence-electron chi connectivity index (χ2n) is 13.8. The number of benzene rings is 1. The highest BCUT2D eigenvalue weighted by atomic mass is 16.5. The molecule has 1 fully saturated rings. The number of anilines is 1. The highest BCUT2D eigenvalue weighted by Gasteiger charge is 2.42. The van der Waals surface area contributed by atoms with Gasteiger partial charge in [0, 0.05) is 58.0 Å². The number of nitrogens with one attached hydrogen (secondary N) is 2. The van der Waals surface area contributed by atoms with Gasteiger partial charge in [0.05, 0.1) is 36.6 Å². The minimum atomic E-state index is -0.799.